The molecule has 13 nitrogen and oxygen atoms in total. The molecule has 0 aromatic rings. The number of rotatable bonds is 6. The molecule has 0 aromatic carbocycles. The van der Waals surface area contributed by atoms with E-state index in [1.54, 1.807) is 26.8 Å². The van der Waals surface area contributed by atoms with Gasteiger partial charge in [0, 0.05) is 44.9 Å². The summed E-state index contributed by atoms with van der Waals surface area (Å²) in [5.74, 6) is -8.03. The maximum Gasteiger partial charge on any atom is 0.329 e. The van der Waals surface area contributed by atoms with Crippen molar-refractivity contribution in [2.45, 2.75) is 160 Å². The minimum absolute atomic E-state index is 0.00242. The van der Waals surface area contributed by atoms with Crippen LogP contribution in [0.25, 0.3) is 0 Å². The standard InChI is InChI=1S/C43H67NO12/c1-9-12-30-18-24(2)17-25(3)19-36(53-7)39-37(54-8)21-27(5)43(52,56-39)40(49)41(50)44-16-11-10-13-31(44)42(51)55-38(28(6)33(46)23-34(30)47)26(4)20-29-14-15-32(45)35(48)22-29/h9,18,20,25,27-33,35-39,45-46,48,52H,1,10-17,19,21-23H2,2-8H3/b24-18+,26-20+/t25-,27+,28+,29-,30+,31-,32+,33-,35+,36-,37-,38+,39+,43+/m0/s1. The summed E-state index contributed by atoms with van der Waals surface area (Å²) in [6.07, 6.45) is 3.36. The third-order valence-electron chi connectivity index (χ3n) is 12.6. The molecule has 4 rings (SSSR count). The maximum atomic E-state index is 14.2. The van der Waals surface area contributed by atoms with Gasteiger partial charge in [0.1, 0.15) is 24.0 Å². The number of aliphatic hydroxyl groups excluding tert-OH is 3. The average molecular weight is 790 g/mol. The number of allylic oxidation sites excluding steroid dienone is 4. The van der Waals surface area contributed by atoms with Crippen molar-refractivity contribution in [2.75, 3.05) is 20.8 Å². The molecule has 13 heteroatoms. The predicted octanol–water partition coefficient (Wildman–Crippen LogP) is 3.98. The molecule has 2 saturated heterocycles. The van der Waals surface area contributed by atoms with Crippen molar-refractivity contribution in [3.63, 3.8) is 0 Å². The van der Waals surface area contributed by atoms with Gasteiger partial charge >= 0.3 is 5.97 Å². The Morgan fingerprint density at radius 3 is 2.27 bits per heavy atom. The predicted molar refractivity (Wildman–Crippen MR) is 208 cm³/mol. The number of carbonyl (C=O) groups excluding carboxylic acids is 4. The van der Waals surface area contributed by atoms with Crippen LogP contribution in [0.1, 0.15) is 105 Å². The highest BCUT2D eigenvalue weighted by Crippen LogP contribution is 2.39. The van der Waals surface area contributed by atoms with Gasteiger partial charge in [-0.1, -0.05) is 44.6 Å². The molecule has 1 saturated carbocycles. The smallest absolute Gasteiger partial charge is 0.329 e. The van der Waals surface area contributed by atoms with E-state index < -0.39 is 90.0 Å². The second kappa shape index (κ2) is 20.3. The molecule has 2 bridgehead atoms. The number of ketones is 2. The molecular weight excluding hydrogens is 722 g/mol. The molecule has 0 aromatic heterocycles. The summed E-state index contributed by atoms with van der Waals surface area (Å²) in [5, 5.41) is 44.1. The number of piperidine rings is 1. The topological polar surface area (TPSA) is 189 Å². The zero-order chi connectivity index (χ0) is 41.5. The van der Waals surface area contributed by atoms with E-state index in [-0.39, 0.29) is 43.4 Å². The Bertz CT molecular complexity index is 1460. The number of carbonyl (C=O) groups is 4. The molecule has 0 spiro atoms. The van der Waals surface area contributed by atoms with Gasteiger partial charge in [0.25, 0.3) is 11.7 Å². The minimum atomic E-state index is -2.52. The molecule has 3 heterocycles. The molecule has 316 valence electrons. The lowest BCUT2D eigenvalue weighted by molar-refractivity contribution is -0.302. The Morgan fingerprint density at radius 2 is 1.62 bits per heavy atom. The third kappa shape index (κ3) is 10.8. The SMILES string of the molecule is C=CC[C@@H]1/C=C(\C)C[C@H](C)C[C@H](OC)[C@H]2O[C@@](O)(C(=O)C(=O)N3CCCC[C@H]3C(=O)O[C@H](/C(C)=C/[C@@H]3CC[C@@H](O)[C@H](O)C3)[C@H](C)[C@@H](O)CC1=O)[C@H](C)C[C@@H]2OC. The number of Topliss-reactive ketones (excluding diaryl/α,β-unsaturated/α-hetero) is 2. The normalized spacial score (nSPS) is 41.5. The number of nitrogens with zero attached hydrogens (tertiary/aromatic N) is 1. The number of aliphatic hydroxyl groups is 4. The van der Waals surface area contributed by atoms with Gasteiger partial charge in [-0.3, -0.25) is 14.4 Å². The van der Waals surface area contributed by atoms with Crippen LogP contribution in [0.2, 0.25) is 0 Å². The Kier molecular flexibility index (Phi) is 16.6. The highest BCUT2D eigenvalue weighted by atomic mass is 16.7. The van der Waals surface area contributed by atoms with Gasteiger partial charge in [0.2, 0.25) is 5.79 Å². The summed E-state index contributed by atoms with van der Waals surface area (Å²) in [7, 11) is 3.04. The van der Waals surface area contributed by atoms with Crippen LogP contribution in [0.5, 0.6) is 0 Å². The molecule has 3 aliphatic heterocycles. The number of hydrogen-bond donors (Lipinski definition) is 4. The fourth-order valence-electron chi connectivity index (χ4n) is 9.19. The van der Waals surface area contributed by atoms with Crippen molar-refractivity contribution in [2.24, 2.45) is 29.6 Å². The van der Waals surface area contributed by atoms with Crippen LogP contribution < -0.4 is 0 Å². The van der Waals surface area contributed by atoms with Crippen LogP contribution in [0.15, 0.2) is 36.0 Å². The molecule has 3 fully saturated rings. The first-order valence-electron chi connectivity index (χ1n) is 20.5. The van der Waals surface area contributed by atoms with Crippen molar-refractivity contribution in [1.29, 1.82) is 0 Å². The number of cyclic esters (lactones) is 1. The number of amides is 1. The van der Waals surface area contributed by atoms with Crippen LogP contribution in [0, 0.1) is 29.6 Å². The molecule has 4 N–H and O–H groups in total. The molecule has 0 radical (unpaired) electrons. The van der Waals surface area contributed by atoms with Gasteiger partial charge < -0.3 is 44.3 Å². The molecule has 4 aliphatic rings. The zero-order valence-electron chi connectivity index (χ0n) is 34.4. The van der Waals surface area contributed by atoms with Crippen LogP contribution in [-0.4, -0.2) is 124 Å². The van der Waals surface area contributed by atoms with Crippen molar-refractivity contribution < 1.29 is 58.6 Å². The minimum Gasteiger partial charge on any atom is -0.456 e. The number of esters is 1. The van der Waals surface area contributed by atoms with Crippen molar-refractivity contribution in [3.05, 3.63) is 36.0 Å². The van der Waals surface area contributed by atoms with Crippen molar-refractivity contribution in [1.82, 2.24) is 4.90 Å². The summed E-state index contributed by atoms with van der Waals surface area (Å²) in [6, 6.07) is -1.16. The lowest BCUT2D eigenvalue weighted by Crippen LogP contribution is -2.64. The number of ether oxygens (including phenoxy) is 4. The van der Waals surface area contributed by atoms with E-state index in [4.69, 9.17) is 18.9 Å². The van der Waals surface area contributed by atoms with Crippen LogP contribution >= 0.6 is 0 Å². The summed E-state index contributed by atoms with van der Waals surface area (Å²) < 4.78 is 24.1. The van der Waals surface area contributed by atoms with Gasteiger partial charge in [-0.2, -0.15) is 0 Å². The Morgan fingerprint density at radius 1 is 0.946 bits per heavy atom. The van der Waals surface area contributed by atoms with E-state index in [0.717, 1.165) is 10.5 Å². The highest BCUT2D eigenvalue weighted by molar-refractivity contribution is 6.39. The third-order valence-corrected chi connectivity index (χ3v) is 12.6. The molecule has 0 unspecified atom stereocenters. The molecule has 14 atom stereocenters. The van der Waals surface area contributed by atoms with Crippen LogP contribution in [0.3, 0.4) is 0 Å². The van der Waals surface area contributed by atoms with E-state index in [0.29, 0.717) is 56.9 Å². The van der Waals surface area contributed by atoms with Crippen molar-refractivity contribution >= 4 is 23.4 Å². The van der Waals surface area contributed by atoms with E-state index in [2.05, 4.69) is 6.58 Å². The van der Waals surface area contributed by atoms with E-state index in [9.17, 15) is 39.6 Å². The maximum absolute atomic E-state index is 14.2. The summed E-state index contributed by atoms with van der Waals surface area (Å²) >= 11 is 0. The summed E-state index contributed by atoms with van der Waals surface area (Å²) in [4.78, 5) is 57.6. The van der Waals surface area contributed by atoms with E-state index in [1.165, 1.54) is 14.2 Å². The number of methoxy groups -OCH3 is 2. The first kappa shape index (κ1) is 45.9. The fourth-order valence-corrected chi connectivity index (χ4v) is 9.19. The molecule has 1 aliphatic carbocycles. The van der Waals surface area contributed by atoms with Gasteiger partial charge in [-0.05, 0) is 95.5 Å². The lowest BCUT2D eigenvalue weighted by atomic mass is 9.81. The molecule has 1 amide bonds. The van der Waals surface area contributed by atoms with Gasteiger partial charge in [-0.15, -0.1) is 6.58 Å². The number of fused-ring (bicyclic) bond motifs is 3. The Labute approximate surface area is 332 Å². The average Bonchev–Trinajstić information content (AvgIpc) is 3.16. The van der Waals surface area contributed by atoms with E-state index in [1.807, 2.05) is 26.0 Å². The summed E-state index contributed by atoms with van der Waals surface area (Å²) in [6.45, 7) is 13.0. The van der Waals surface area contributed by atoms with Gasteiger partial charge in [0.15, 0.2) is 0 Å². The van der Waals surface area contributed by atoms with Crippen LogP contribution in [-0.2, 0) is 38.1 Å². The quantitative estimate of drug-likeness (QED) is 0.172. The Balaban J connectivity index is 1.78. The second-order valence-corrected chi connectivity index (χ2v) is 17.1. The second-order valence-electron chi connectivity index (χ2n) is 17.1. The Hall–Kier alpha value is -2.78. The molecular formula is C43H67NO12. The number of hydrogen-bond acceptors (Lipinski definition) is 12. The van der Waals surface area contributed by atoms with Crippen molar-refractivity contribution in [3.8, 4) is 0 Å². The van der Waals surface area contributed by atoms with E-state index >= 15 is 0 Å². The largest absolute Gasteiger partial charge is 0.456 e. The first-order chi connectivity index (χ1) is 26.4. The van der Waals surface area contributed by atoms with Gasteiger partial charge in [0.05, 0.1) is 30.5 Å². The van der Waals surface area contributed by atoms with Crippen LogP contribution in [0.4, 0.5) is 0 Å². The summed E-state index contributed by atoms with van der Waals surface area (Å²) in [5.41, 5.74) is 1.54. The monoisotopic (exact) mass is 789 g/mol. The fraction of sp³-hybridized carbons (Fsp3) is 0.767. The molecule has 56 heavy (non-hydrogen) atoms. The lowest BCUT2D eigenvalue weighted by Gasteiger charge is -2.47. The zero-order valence-corrected chi connectivity index (χ0v) is 34.4. The first-order valence-corrected chi connectivity index (χ1v) is 20.5. The highest BCUT2D eigenvalue weighted by Gasteiger charge is 2.56. The van der Waals surface area contributed by atoms with Gasteiger partial charge in [-0.25, -0.2) is 4.79 Å².